The van der Waals surface area contributed by atoms with Crippen molar-refractivity contribution < 1.29 is 9.90 Å². The molecule has 0 unspecified atom stereocenters. The predicted octanol–water partition coefficient (Wildman–Crippen LogP) is 3.45. The number of phenolic OH excluding ortho intramolecular Hbond substituents is 1. The number of amides is 1. The van der Waals surface area contributed by atoms with Crippen molar-refractivity contribution in [2.24, 2.45) is 16.9 Å². The minimum Gasteiger partial charge on any atom is -0.507 e. The van der Waals surface area contributed by atoms with Gasteiger partial charge in [0.25, 0.3) is 5.91 Å². The van der Waals surface area contributed by atoms with Crippen molar-refractivity contribution in [2.45, 2.75) is 25.7 Å². The molecule has 2 aromatic carbocycles. The summed E-state index contributed by atoms with van der Waals surface area (Å²) in [5, 5.41) is 16.1. The van der Waals surface area contributed by atoms with Gasteiger partial charge in [0.1, 0.15) is 5.75 Å². The fourth-order valence-electron chi connectivity index (χ4n) is 3.84. The van der Waals surface area contributed by atoms with E-state index in [9.17, 15) is 9.90 Å². The number of hydrazone groups is 1. The first-order chi connectivity index (χ1) is 10.7. The molecule has 112 valence electrons. The number of carbonyl (C=O) groups is 1. The number of aromatic hydroxyl groups is 1. The van der Waals surface area contributed by atoms with Crippen LogP contribution in [0.25, 0.3) is 10.8 Å². The topological polar surface area (TPSA) is 61.7 Å². The summed E-state index contributed by atoms with van der Waals surface area (Å²) in [5.41, 5.74) is 4.06. The lowest BCUT2D eigenvalue weighted by molar-refractivity contribution is 0.0953. The fraction of sp³-hybridized carbons (Fsp3) is 0.333. The molecule has 2 bridgehead atoms. The fourth-order valence-corrected chi connectivity index (χ4v) is 3.84. The average molecular weight is 294 g/mol. The number of fused-ring (bicyclic) bond motifs is 3. The van der Waals surface area contributed by atoms with Crippen molar-refractivity contribution in [1.82, 2.24) is 5.43 Å². The number of carbonyl (C=O) groups excluding carboxylic acids is 1. The highest BCUT2D eigenvalue weighted by Crippen LogP contribution is 2.42. The second-order valence-corrected chi connectivity index (χ2v) is 6.31. The predicted molar refractivity (Wildman–Crippen MR) is 86.0 cm³/mol. The maximum Gasteiger partial charge on any atom is 0.275 e. The Balaban J connectivity index is 1.63. The molecule has 0 radical (unpaired) electrons. The number of nitrogens with zero attached hydrogens (tertiary/aromatic N) is 1. The van der Waals surface area contributed by atoms with Crippen LogP contribution in [0.2, 0.25) is 0 Å². The molecule has 0 aliphatic heterocycles. The van der Waals surface area contributed by atoms with E-state index in [0.717, 1.165) is 28.8 Å². The van der Waals surface area contributed by atoms with E-state index in [2.05, 4.69) is 10.5 Å². The van der Waals surface area contributed by atoms with Gasteiger partial charge in [0.15, 0.2) is 0 Å². The lowest BCUT2D eigenvalue weighted by Gasteiger charge is -2.12. The average Bonchev–Trinajstić information content (AvgIpc) is 3.15. The lowest BCUT2D eigenvalue weighted by atomic mass is 9.99. The number of phenols is 1. The highest BCUT2D eigenvalue weighted by atomic mass is 16.3. The van der Waals surface area contributed by atoms with Crippen molar-refractivity contribution in [3.05, 3.63) is 42.0 Å². The smallest absolute Gasteiger partial charge is 0.275 e. The summed E-state index contributed by atoms with van der Waals surface area (Å²) in [6.07, 6.45) is 4.71. The van der Waals surface area contributed by atoms with Crippen LogP contribution >= 0.6 is 0 Å². The van der Waals surface area contributed by atoms with Gasteiger partial charge >= 0.3 is 0 Å². The number of benzene rings is 2. The molecular formula is C18H18N2O2. The van der Waals surface area contributed by atoms with E-state index in [-0.39, 0.29) is 11.7 Å². The van der Waals surface area contributed by atoms with Crippen molar-refractivity contribution in [3.8, 4) is 5.75 Å². The van der Waals surface area contributed by atoms with Crippen LogP contribution in [0, 0.1) is 11.8 Å². The Kier molecular flexibility index (Phi) is 3.10. The maximum absolute atomic E-state index is 12.5. The molecule has 2 saturated carbocycles. The van der Waals surface area contributed by atoms with Crippen molar-refractivity contribution in [3.63, 3.8) is 0 Å². The molecule has 2 aliphatic carbocycles. The van der Waals surface area contributed by atoms with E-state index in [1.165, 1.54) is 19.3 Å². The third kappa shape index (κ3) is 2.15. The van der Waals surface area contributed by atoms with Crippen LogP contribution in [0.1, 0.15) is 36.0 Å². The van der Waals surface area contributed by atoms with Crippen molar-refractivity contribution in [1.29, 1.82) is 0 Å². The number of hydrogen-bond donors (Lipinski definition) is 2. The second-order valence-electron chi connectivity index (χ2n) is 6.31. The third-order valence-electron chi connectivity index (χ3n) is 4.95. The number of hydrogen-bond acceptors (Lipinski definition) is 3. The van der Waals surface area contributed by atoms with Crippen LogP contribution in [-0.4, -0.2) is 16.7 Å². The maximum atomic E-state index is 12.5. The molecular weight excluding hydrogens is 276 g/mol. The molecule has 2 aromatic rings. The van der Waals surface area contributed by atoms with Crippen LogP contribution in [0.4, 0.5) is 0 Å². The molecule has 2 aliphatic rings. The van der Waals surface area contributed by atoms with Crippen LogP contribution in [0.5, 0.6) is 5.75 Å². The van der Waals surface area contributed by atoms with Gasteiger partial charge in [0.05, 0.1) is 5.56 Å². The Labute approximate surface area is 128 Å². The molecule has 0 heterocycles. The quantitative estimate of drug-likeness (QED) is 0.833. The summed E-state index contributed by atoms with van der Waals surface area (Å²) in [5.74, 6) is 0.951. The van der Waals surface area contributed by atoms with Gasteiger partial charge in [0, 0.05) is 5.71 Å². The second kappa shape index (κ2) is 5.13. The third-order valence-corrected chi connectivity index (χ3v) is 4.95. The Morgan fingerprint density at radius 1 is 1.18 bits per heavy atom. The zero-order chi connectivity index (χ0) is 15.1. The van der Waals surface area contributed by atoms with E-state index in [1.54, 1.807) is 6.07 Å². The molecule has 4 nitrogen and oxygen atoms in total. The summed E-state index contributed by atoms with van der Waals surface area (Å²) in [6, 6.07) is 10.9. The van der Waals surface area contributed by atoms with Crippen molar-refractivity contribution >= 4 is 22.4 Å². The number of nitrogens with one attached hydrogen (secondary N) is 1. The van der Waals surface area contributed by atoms with Crippen LogP contribution in [0.3, 0.4) is 0 Å². The standard InChI is InChI=1S/C18H18N2O2/c21-16-8-7-12-3-1-2-4-14(12)17(16)18(22)20-19-15-10-11-5-6-13(15)9-11/h1-4,7-8,11,13,21H,5-6,9-10H2,(H,20,22)/b19-15+/t11-,13+/m0/s1. The largest absolute Gasteiger partial charge is 0.507 e. The van der Waals surface area contributed by atoms with Gasteiger partial charge in [-0.2, -0.15) is 5.10 Å². The molecule has 0 saturated heterocycles. The molecule has 4 heteroatoms. The zero-order valence-electron chi connectivity index (χ0n) is 12.2. The summed E-state index contributed by atoms with van der Waals surface area (Å²) in [6.45, 7) is 0. The highest BCUT2D eigenvalue weighted by Gasteiger charge is 2.36. The van der Waals surface area contributed by atoms with Crippen LogP contribution in [0.15, 0.2) is 41.5 Å². The molecule has 1 amide bonds. The molecule has 2 fully saturated rings. The first kappa shape index (κ1) is 13.3. The minimum absolute atomic E-state index is 0.00987. The zero-order valence-corrected chi connectivity index (χ0v) is 12.2. The summed E-state index contributed by atoms with van der Waals surface area (Å²) >= 11 is 0. The van der Waals surface area contributed by atoms with Gasteiger partial charge in [-0.25, -0.2) is 5.43 Å². The molecule has 0 aromatic heterocycles. The normalized spacial score (nSPS) is 25.0. The van der Waals surface area contributed by atoms with E-state index >= 15 is 0 Å². The van der Waals surface area contributed by atoms with E-state index < -0.39 is 0 Å². The highest BCUT2D eigenvalue weighted by molar-refractivity contribution is 6.09. The Morgan fingerprint density at radius 2 is 2.05 bits per heavy atom. The number of rotatable bonds is 2. The van der Waals surface area contributed by atoms with Gasteiger partial charge in [-0.3, -0.25) is 4.79 Å². The van der Waals surface area contributed by atoms with E-state index in [0.29, 0.717) is 11.5 Å². The Morgan fingerprint density at radius 3 is 2.82 bits per heavy atom. The minimum atomic E-state index is -0.343. The van der Waals surface area contributed by atoms with Crippen LogP contribution in [-0.2, 0) is 0 Å². The molecule has 2 atom stereocenters. The summed E-state index contributed by atoms with van der Waals surface area (Å²) in [7, 11) is 0. The van der Waals surface area contributed by atoms with Gasteiger partial charge in [-0.15, -0.1) is 0 Å². The SMILES string of the molecule is O=C(N/N=C1\C[C@H]2CC[C@@H]1C2)c1c(O)ccc2ccccc12. The Hall–Kier alpha value is -2.36. The van der Waals surface area contributed by atoms with E-state index in [4.69, 9.17) is 0 Å². The Bertz CT molecular complexity index is 782. The first-order valence-electron chi connectivity index (χ1n) is 7.80. The van der Waals surface area contributed by atoms with Gasteiger partial charge in [-0.05, 0) is 54.4 Å². The molecule has 0 spiro atoms. The van der Waals surface area contributed by atoms with E-state index in [1.807, 2.05) is 30.3 Å². The molecule has 22 heavy (non-hydrogen) atoms. The first-order valence-corrected chi connectivity index (χ1v) is 7.80. The monoisotopic (exact) mass is 294 g/mol. The lowest BCUT2D eigenvalue weighted by Crippen LogP contribution is -2.22. The van der Waals surface area contributed by atoms with Crippen molar-refractivity contribution in [2.75, 3.05) is 0 Å². The van der Waals surface area contributed by atoms with Gasteiger partial charge in [-0.1, -0.05) is 30.3 Å². The molecule has 2 N–H and O–H groups in total. The molecule has 4 rings (SSSR count). The van der Waals surface area contributed by atoms with Gasteiger partial charge < -0.3 is 5.11 Å². The van der Waals surface area contributed by atoms with Crippen LogP contribution < -0.4 is 5.43 Å². The van der Waals surface area contributed by atoms with Gasteiger partial charge in [0.2, 0.25) is 0 Å². The summed E-state index contributed by atoms with van der Waals surface area (Å²) in [4.78, 5) is 12.5. The summed E-state index contributed by atoms with van der Waals surface area (Å²) < 4.78 is 0.